The Hall–Kier alpha value is -0.590. The summed E-state index contributed by atoms with van der Waals surface area (Å²) >= 11 is 0. The van der Waals surface area contributed by atoms with Gasteiger partial charge in [-0.1, -0.05) is 25.5 Å². The van der Waals surface area contributed by atoms with Gasteiger partial charge in [-0.2, -0.15) is 0 Å². The number of hydrogen-bond donors (Lipinski definition) is 0. The fourth-order valence-corrected chi connectivity index (χ4v) is 1.35. The average molecular weight is 154 g/mol. The minimum atomic E-state index is 0.0255. The number of rotatable bonds is 2. The van der Waals surface area contributed by atoms with Crippen molar-refractivity contribution >= 4 is 0 Å². The van der Waals surface area contributed by atoms with Crippen molar-refractivity contribution in [2.45, 2.75) is 33.1 Å². The van der Waals surface area contributed by atoms with Crippen LogP contribution in [0.25, 0.3) is 0 Å². The highest BCUT2D eigenvalue weighted by molar-refractivity contribution is 5.20. The van der Waals surface area contributed by atoms with Crippen LogP contribution in [0.15, 0.2) is 23.6 Å². The van der Waals surface area contributed by atoms with Crippen molar-refractivity contribution in [2.24, 2.45) is 5.92 Å². The van der Waals surface area contributed by atoms with E-state index in [9.17, 15) is 4.39 Å². The molecule has 1 heteroatoms. The predicted molar refractivity (Wildman–Crippen MR) is 46.0 cm³/mol. The molecule has 11 heavy (non-hydrogen) atoms. The van der Waals surface area contributed by atoms with Crippen LogP contribution in [0.2, 0.25) is 0 Å². The van der Waals surface area contributed by atoms with Crippen LogP contribution in [-0.4, -0.2) is 0 Å². The smallest absolute Gasteiger partial charge is 0.100 e. The van der Waals surface area contributed by atoms with E-state index < -0.39 is 0 Å². The van der Waals surface area contributed by atoms with Crippen LogP contribution < -0.4 is 0 Å². The molecular weight excluding hydrogens is 139 g/mol. The van der Waals surface area contributed by atoms with Gasteiger partial charge in [-0.25, -0.2) is 4.39 Å². The zero-order valence-electron chi connectivity index (χ0n) is 7.23. The summed E-state index contributed by atoms with van der Waals surface area (Å²) in [7, 11) is 0. The van der Waals surface area contributed by atoms with Crippen molar-refractivity contribution in [1.82, 2.24) is 0 Å². The summed E-state index contributed by atoms with van der Waals surface area (Å²) < 4.78 is 12.5. The molecule has 1 aliphatic carbocycles. The fourth-order valence-electron chi connectivity index (χ4n) is 1.35. The van der Waals surface area contributed by atoms with Gasteiger partial charge in [-0.05, 0) is 24.8 Å². The normalized spacial score (nSPS) is 18.2. The van der Waals surface area contributed by atoms with Crippen molar-refractivity contribution < 1.29 is 4.39 Å². The molecule has 0 unspecified atom stereocenters. The van der Waals surface area contributed by atoms with Gasteiger partial charge < -0.3 is 0 Å². The minimum Gasteiger partial charge on any atom is -0.212 e. The highest BCUT2D eigenvalue weighted by atomic mass is 19.1. The van der Waals surface area contributed by atoms with Gasteiger partial charge in [-0.15, -0.1) is 0 Å². The second kappa shape index (κ2) is 3.70. The maximum absolute atomic E-state index is 12.5. The third kappa shape index (κ3) is 2.87. The van der Waals surface area contributed by atoms with E-state index in [0.717, 1.165) is 12.8 Å². The van der Waals surface area contributed by atoms with Gasteiger partial charge in [0, 0.05) is 6.42 Å². The molecule has 0 heterocycles. The first kappa shape index (κ1) is 8.51. The Labute approximate surface area is 67.8 Å². The van der Waals surface area contributed by atoms with Gasteiger partial charge in [0.1, 0.15) is 5.83 Å². The number of halogens is 1. The van der Waals surface area contributed by atoms with E-state index in [1.807, 2.05) is 6.08 Å². The van der Waals surface area contributed by atoms with Gasteiger partial charge in [0.05, 0.1) is 0 Å². The van der Waals surface area contributed by atoms with Crippen LogP contribution in [-0.2, 0) is 0 Å². The lowest BCUT2D eigenvalue weighted by Gasteiger charge is -2.11. The summed E-state index contributed by atoms with van der Waals surface area (Å²) in [6.45, 7) is 4.38. The molecule has 0 aromatic carbocycles. The van der Waals surface area contributed by atoms with Gasteiger partial charge in [-0.3, -0.25) is 0 Å². The van der Waals surface area contributed by atoms with Crippen molar-refractivity contribution in [2.75, 3.05) is 0 Å². The number of allylic oxidation sites excluding steroid dienone is 4. The monoisotopic (exact) mass is 154 g/mol. The van der Waals surface area contributed by atoms with Crippen molar-refractivity contribution in [3.8, 4) is 0 Å². The lowest BCUT2D eigenvalue weighted by atomic mass is 9.96. The van der Waals surface area contributed by atoms with E-state index in [2.05, 4.69) is 13.8 Å². The Balaban J connectivity index is 2.48. The molecule has 0 aromatic rings. The second-order valence-corrected chi connectivity index (χ2v) is 3.54. The Morgan fingerprint density at radius 3 is 2.55 bits per heavy atom. The van der Waals surface area contributed by atoms with Crippen LogP contribution in [0.3, 0.4) is 0 Å². The molecule has 62 valence electrons. The van der Waals surface area contributed by atoms with Crippen LogP contribution in [0.1, 0.15) is 33.1 Å². The molecule has 0 N–H and O–H groups in total. The summed E-state index contributed by atoms with van der Waals surface area (Å²) in [5, 5.41) is 0. The molecule has 1 aliphatic rings. The molecule has 0 saturated heterocycles. The molecule has 0 fully saturated rings. The van der Waals surface area contributed by atoms with E-state index in [4.69, 9.17) is 0 Å². The predicted octanol–water partition coefficient (Wildman–Crippen LogP) is 3.61. The zero-order chi connectivity index (χ0) is 8.27. The largest absolute Gasteiger partial charge is 0.212 e. The Morgan fingerprint density at radius 1 is 1.36 bits per heavy atom. The first-order valence-electron chi connectivity index (χ1n) is 4.22. The summed E-state index contributed by atoms with van der Waals surface area (Å²) in [5.74, 6) is 0.716. The van der Waals surface area contributed by atoms with Crippen molar-refractivity contribution in [1.29, 1.82) is 0 Å². The lowest BCUT2D eigenvalue weighted by Crippen LogP contribution is -1.95. The van der Waals surface area contributed by atoms with Gasteiger partial charge in [0.2, 0.25) is 0 Å². The first-order chi connectivity index (χ1) is 5.18. The summed E-state index contributed by atoms with van der Waals surface area (Å²) in [6.07, 6.45) is 6.17. The van der Waals surface area contributed by atoms with Gasteiger partial charge in [0.15, 0.2) is 0 Å². The highest BCUT2D eigenvalue weighted by Crippen LogP contribution is 2.23. The average Bonchev–Trinajstić information content (AvgIpc) is 1.93. The molecule has 0 nitrogen and oxygen atoms in total. The van der Waals surface area contributed by atoms with E-state index in [1.54, 1.807) is 6.08 Å². The summed E-state index contributed by atoms with van der Waals surface area (Å²) in [6, 6.07) is 0. The minimum absolute atomic E-state index is 0.0255. The quantitative estimate of drug-likeness (QED) is 0.570. The van der Waals surface area contributed by atoms with Crippen LogP contribution in [0, 0.1) is 5.92 Å². The fraction of sp³-hybridized carbons (Fsp3) is 0.600. The first-order valence-corrected chi connectivity index (χ1v) is 4.22. The third-order valence-electron chi connectivity index (χ3n) is 1.86. The molecular formula is C10H15F. The third-order valence-corrected chi connectivity index (χ3v) is 1.86. The second-order valence-electron chi connectivity index (χ2n) is 3.54. The molecule has 1 rings (SSSR count). The van der Waals surface area contributed by atoms with Crippen LogP contribution in [0.4, 0.5) is 4.39 Å². The van der Waals surface area contributed by atoms with E-state index in [-0.39, 0.29) is 5.83 Å². The van der Waals surface area contributed by atoms with Gasteiger partial charge >= 0.3 is 0 Å². The number of hydrogen-bond acceptors (Lipinski definition) is 0. The van der Waals surface area contributed by atoms with E-state index in [0.29, 0.717) is 12.3 Å². The Morgan fingerprint density at radius 2 is 2.09 bits per heavy atom. The Kier molecular flexibility index (Phi) is 2.86. The van der Waals surface area contributed by atoms with E-state index >= 15 is 0 Å². The van der Waals surface area contributed by atoms with Gasteiger partial charge in [0.25, 0.3) is 0 Å². The zero-order valence-corrected chi connectivity index (χ0v) is 7.23. The summed E-state index contributed by atoms with van der Waals surface area (Å²) in [5.41, 5.74) is 1.39. The van der Waals surface area contributed by atoms with Crippen molar-refractivity contribution in [3.05, 3.63) is 23.6 Å². The molecule has 0 bridgehead atoms. The molecule has 0 spiro atoms. The molecule has 0 aromatic heterocycles. The maximum Gasteiger partial charge on any atom is 0.100 e. The molecule has 0 radical (unpaired) electrons. The van der Waals surface area contributed by atoms with Crippen molar-refractivity contribution in [3.63, 3.8) is 0 Å². The SMILES string of the molecule is CC(C)CC1=CC=C(F)CC1. The topological polar surface area (TPSA) is 0 Å². The maximum atomic E-state index is 12.5. The summed E-state index contributed by atoms with van der Waals surface area (Å²) in [4.78, 5) is 0. The molecule has 0 amide bonds. The molecule has 0 atom stereocenters. The van der Waals surface area contributed by atoms with E-state index in [1.165, 1.54) is 5.57 Å². The van der Waals surface area contributed by atoms with Crippen LogP contribution in [0.5, 0.6) is 0 Å². The Bertz CT molecular complexity index is 187. The highest BCUT2D eigenvalue weighted by Gasteiger charge is 2.06. The molecule has 0 aliphatic heterocycles. The molecule has 0 saturated carbocycles. The van der Waals surface area contributed by atoms with Crippen LogP contribution >= 0.6 is 0 Å². The lowest BCUT2D eigenvalue weighted by molar-refractivity contribution is 0.560. The standard InChI is InChI=1S/C10H15F/c1-8(2)7-9-3-5-10(11)6-4-9/h3,5,8H,4,6-7H2,1-2H3.